The Bertz CT molecular complexity index is 2450. The minimum Gasteiger partial charge on any atom is -0.497 e. The van der Waals surface area contributed by atoms with Crippen LogP contribution in [0, 0.1) is 5.92 Å². The van der Waals surface area contributed by atoms with E-state index >= 15 is 4.79 Å². The summed E-state index contributed by atoms with van der Waals surface area (Å²) in [6.45, 7) is 7.75. The third-order valence-electron chi connectivity index (χ3n) is 11.6. The second-order valence-electron chi connectivity index (χ2n) is 15.1. The van der Waals surface area contributed by atoms with E-state index in [-0.39, 0.29) is 42.2 Å². The second-order valence-corrected chi connectivity index (χ2v) is 20.7. The fourth-order valence-electron chi connectivity index (χ4n) is 8.89. The molecular formula is C42H43BrN6O5Si. The third kappa shape index (κ3) is 6.42. The predicted molar refractivity (Wildman–Crippen MR) is 218 cm³/mol. The van der Waals surface area contributed by atoms with Gasteiger partial charge in [0.05, 0.1) is 56.5 Å². The maximum atomic E-state index is 15.3. The number of halogens is 1. The highest BCUT2D eigenvalue weighted by molar-refractivity contribution is 9.10. The number of benzene rings is 4. The number of rotatable bonds is 11. The van der Waals surface area contributed by atoms with Crippen molar-refractivity contribution in [3.8, 4) is 11.4 Å². The van der Waals surface area contributed by atoms with Crippen LogP contribution in [0.1, 0.15) is 30.2 Å². The van der Waals surface area contributed by atoms with Gasteiger partial charge < -0.3 is 19.5 Å². The monoisotopic (exact) mass is 818 g/mol. The van der Waals surface area contributed by atoms with Gasteiger partial charge in [-0.25, -0.2) is 0 Å². The van der Waals surface area contributed by atoms with Crippen LogP contribution in [0.15, 0.2) is 113 Å². The molecule has 4 aromatic carbocycles. The molecule has 8 rings (SSSR count). The van der Waals surface area contributed by atoms with Crippen molar-refractivity contribution in [3.05, 3.63) is 135 Å². The summed E-state index contributed by atoms with van der Waals surface area (Å²) in [6, 6.07) is 29.4. The van der Waals surface area contributed by atoms with E-state index in [0.29, 0.717) is 30.5 Å². The Kier molecular flexibility index (Phi) is 9.82. The van der Waals surface area contributed by atoms with Crippen molar-refractivity contribution in [2.45, 2.75) is 63.2 Å². The molecule has 6 aromatic rings. The van der Waals surface area contributed by atoms with Gasteiger partial charge >= 0.3 is 0 Å². The van der Waals surface area contributed by atoms with Crippen molar-refractivity contribution >= 4 is 51.6 Å². The molecule has 4 heterocycles. The number of amides is 1. The largest absolute Gasteiger partial charge is 0.497 e. The zero-order valence-electron chi connectivity index (χ0n) is 31.2. The lowest BCUT2D eigenvalue weighted by molar-refractivity contribution is -0.146. The van der Waals surface area contributed by atoms with Crippen molar-refractivity contribution in [2.24, 2.45) is 5.92 Å². The van der Waals surface area contributed by atoms with E-state index in [9.17, 15) is 9.90 Å². The van der Waals surface area contributed by atoms with Crippen LogP contribution in [0.4, 0.5) is 5.69 Å². The Morgan fingerprint density at radius 2 is 1.80 bits per heavy atom. The molecule has 11 nitrogen and oxygen atoms in total. The van der Waals surface area contributed by atoms with Crippen molar-refractivity contribution < 1.29 is 19.4 Å². The standard InChI is InChI=1S/C42H43BrN6O5Si/c1-27-39(55(3,4)34-15-13-33(53-2)14-16-34)38(18-20-47-26-31(19-21-50)45-46-47)54-42(27)36-23-30(43)12-17-37(36)48(41(42)52)25-28-8-7-10-32(22-28)49-40(51)35-11-6-5-9-29(35)24-44-49/h5-17,22-24,26-27,38-39,50H,18-21,25H2,1-4H3/t27-,38+,39-,42+/m0/s1. The summed E-state index contributed by atoms with van der Waals surface area (Å²) in [4.78, 5) is 30.6. The first-order valence-corrected chi connectivity index (χ1v) is 22.4. The Labute approximate surface area is 328 Å². The van der Waals surface area contributed by atoms with Gasteiger partial charge in [-0.3, -0.25) is 14.3 Å². The van der Waals surface area contributed by atoms with Crippen molar-refractivity contribution in [3.63, 3.8) is 0 Å². The summed E-state index contributed by atoms with van der Waals surface area (Å²) in [5, 5.41) is 25.1. The molecule has 1 amide bonds. The summed E-state index contributed by atoms with van der Waals surface area (Å²) in [6.07, 6.45) is 4.36. The zero-order valence-corrected chi connectivity index (χ0v) is 33.8. The quantitative estimate of drug-likeness (QED) is 0.155. The van der Waals surface area contributed by atoms with Gasteiger partial charge in [0.25, 0.3) is 11.5 Å². The molecule has 1 N–H and O–H groups in total. The van der Waals surface area contributed by atoms with E-state index in [1.165, 1.54) is 9.87 Å². The van der Waals surface area contributed by atoms with Crippen LogP contribution in [-0.4, -0.2) is 63.7 Å². The van der Waals surface area contributed by atoms with Crippen LogP contribution < -0.4 is 20.4 Å². The molecule has 2 aliphatic rings. The lowest BCUT2D eigenvalue weighted by atomic mass is 9.82. The number of fused-ring (bicyclic) bond motifs is 3. The van der Waals surface area contributed by atoms with Gasteiger partial charge in [0.2, 0.25) is 0 Å². The number of aliphatic hydroxyl groups excluding tert-OH is 1. The summed E-state index contributed by atoms with van der Waals surface area (Å²) < 4.78 is 16.9. The number of aliphatic hydroxyl groups is 1. The number of nitrogens with zero attached hydrogens (tertiary/aromatic N) is 6. The Hall–Kier alpha value is -4.95. The first-order valence-electron chi connectivity index (χ1n) is 18.6. The topological polar surface area (TPSA) is 125 Å². The predicted octanol–water partition coefficient (Wildman–Crippen LogP) is 6.14. The van der Waals surface area contributed by atoms with Gasteiger partial charge in [0, 0.05) is 47.1 Å². The molecule has 2 aromatic heterocycles. The minimum absolute atomic E-state index is 0.00487. The fourth-order valence-corrected chi connectivity index (χ4v) is 13.3. The van der Waals surface area contributed by atoms with E-state index in [0.717, 1.165) is 38.1 Å². The van der Waals surface area contributed by atoms with Crippen LogP contribution in [0.3, 0.4) is 0 Å². The van der Waals surface area contributed by atoms with Crippen LogP contribution in [0.25, 0.3) is 16.5 Å². The number of methoxy groups -OCH3 is 1. The highest BCUT2D eigenvalue weighted by Gasteiger charge is 2.66. The van der Waals surface area contributed by atoms with Gasteiger partial charge in [-0.1, -0.05) is 88.8 Å². The Balaban J connectivity index is 1.17. The van der Waals surface area contributed by atoms with Crippen molar-refractivity contribution in [1.29, 1.82) is 0 Å². The van der Waals surface area contributed by atoms with Gasteiger partial charge in [0.15, 0.2) is 5.60 Å². The first-order chi connectivity index (χ1) is 26.5. The molecular weight excluding hydrogens is 776 g/mol. The summed E-state index contributed by atoms with van der Waals surface area (Å²) in [7, 11) is -0.688. The number of aryl methyl sites for hydroxylation is 1. The molecule has 4 atom stereocenters. The normalized spacial score (nSPS) is 20.8. The molecule has 55 heavy (non-hydrogen) atoms. The number of hydrogen-bond donors (Lipinski definition) is 1. The molecule has 0 saturated carbocycles. The van der Waals surface area contributed by atoms with Gasteiger partial charge in [-0.05, 0) is 66.1 Å². The molecule has 13 heteroatoms. The van der Waals surface area contributed by atoms with Crippen LogP contribution >= 0.6 is 15.9 Å². The lowest BCUT2D eigenvalue weighted by Crippen LogP contribution is -2.51. The van der Waals surface area contributed by atoms with Gasteiger partial charge in [-0.15, -0.1) is 5.10 Å². The maximum Gasteiger partial charge on any atom is 0.279 e. The number of anilines is 1. The van der Waals surface area contributed by atoms with Gasteiger partial charge in [-0.2, -0.15) is 9.78 Å². The molecule has 1 saturated heterocycles. The van der Waals surface area contributed by atoms with Crippen molar-refractivity contribution in [1.82, 2.24) is 24.8 Å². The van der Waals surface area contributed by atoms with Crippen LogP contribution in [0.5, 0.6) is 5.75 Å². The average molecular weight is 820 g/mol. The fraction of sp³-hybridized carbons (Fsp3) is 0.310. The Morgan fingerprint density at radius 3 is 2.58 bits per heavy atom. The number of carbonyl (C=O) groups excluding carboxylic acids is 1. The highest BCUT2D eigenvalue weighted by Crippen LogP contribution is 2.60. The number of hydrogen-bond acceptors (Lipinski definition) is 8. The molecule has 0 radical (unpaired) electrons. The van der Waals surface area contributed by atoms with E-state index in [1.807, 2.05) is 83.9 Å². The third-order valence-corrected chi connectivity index (χ3v) is 16.4. The smallest absolute Gasteiger partial charge is 0.279 e. The molecule has 0 bridgehead atoms. The lowest BCUT2D eigenvalue weighted by Gasteiger charge is -2.37. The van der Waals surface area contributed by atoms with E-state index in [4.69, 9.17) is 9.47 Å². The minimum atomic E-state index is -2.36. The maximum absolute atomic E-state index is 15.3. The molecule has 1 spiro atoms. The summed E-state index contributed by atoms with van der Waals surface area (Å²) >= 11 is 3.71. The zero-order chi connectivity index (χ0) is 38.5. The SMILES string of the molecule is COc1ccc([Si](C)(C)[C@@H]2[C@@H](CCn3cc(CCO)nn3)O[C@]3(C(=O)N(Cc4cccc(-n5ncc6ccccc6c5=O)c4)c4ccc(Br)cc43)[C@H]2C)cc1. The summed E-state index contributed by atoms with van der Waals surface area (Å²) in [5.41, 5.74) is 2.48. The second kappa shape index (κ2) is 14.6. The molecule has 0 aliphatic carbocycles. The average Bonchev–Trinajstić information content (AvgIpc) is 3.84. The van der Waals surface area contributed by atoms with Gasteiger partial charge in [0.1, 0.15) is 5.75 Å². The molecule has 282 valence electrons. The molecule has 1 fully saturated rings. The van der Waals surface area contributed by atoms with E-state index < -0.39 is 13.7 Å². The number of aromatic nitrogens is 5. The van der Waals surface area contributed by atoms with E-state index in [1.54, 1.807) is 24.1 Å². The highest BCUT2D eigenvalue weighted by atomic mass is 79.9. The molecule has 0 unspecified atom stereocenters. The van der Waals surface area contributed by atoms with Crippen molar-refractivity contribution in [2.75, 3.05) is 18.6 Å². The number of carbonyl (C=O) groups is 1. The molecule has 2 aliphatic heterocycles. The first kappa shape index (κ1) is 37.0. The van der Waals surface area contributed by atoms with E-state index in [2.05, 4.69) is 63.5 Å². The Morgan fingerprint density at radius 1 is 1.00 bits per heavy atom. The number of ether oxygens (including phenoxy) is 2. The van der Waals surface area contributed by atoms with Crippen LogP contribution in [0.2, 0.25) is 18.6 Å². The summed E-state index contributed by atoms with van der Waals surface area (Å²) in [5.74, 6) is 0.518. The van der Waals surface area contributed by atoms with Crippen LogP contribution in [-0.2, 0) is 34.6 Å².